The van der Waals surface area contributed by atoms with E-state index in [9.17, 15) is 39.6 Å². The lowest BCUT2D eigenvalue weighted by molar-refractivity contribution is -0.138. The molecule has 0 unspecified atom stereocenters. The number of carbonyl (C=O) groups is 4. The Morgan fingerprint density at radius 1 is 0.357 bits per heavy atom. The number of allylic oxidation sites excluding steroid dienone is 10. The summed E-state index contributed by atoms with van der Waals surface area (Å²) in [6.45, 7) is 32.1. The van der Waals surface area contributed by atoms with Crippen molar-refractivity contribution >= 4 is 125 Å². The van der Waals surface area contributed by atoms with Gasteiger partial charge in [-0.3, -0.25) is 19.2 Å². The molecule has 0 saturated heterocycles. The van der Waals surface area contributed by atoms with Gasteiger partial charge in [-0.15, -0.1) is 0 Å². The molecule has 0 aromatic carbocycles. The third-order valence-corrected chi connectivity index (χ3v) is 16.4. The van der Waals surface area contributed by atoms with Gasteiger partial charge in [-0.25, -0.2) is 19.9 Å². The number of H-pyrrole nitrogens is 4. The number of hydrogen-bond acceptors (Lipinski definition) is 8. The van der Waals surface area contributed by atoms with Gasteiger partial charge in [0.2, 0.25) is 0 Å². The van der Waals surface area contributed by atoms with E-state index in [4.69, 9.17) is 19.9 Å². The van der Waals surface area contributed by atoms with Crippen molar-refractivity contribution in [2.75, 3.05) is 0 Å². The summed E-state index contributed by atoms with van der Waals surface area (Å²) in [7, 11) is 0. The monoisotopic (exact) mass is 1120 g/mol. The van der Waals surface area contributed by atoms with Gasteiger partial charge >= 0.3 is 23.9 Å². The van der Waals surface area contributed by atoms with Gasteiger partial charge < -0.3 is 40.4 Å². The zero-order valence-electron chi connectivity index (χ0n) is 48.6. The highest BCUT2D eigenvalue weighted by molar-refractivity contribution is 6.01. The molecule has 10 rings (SSSR count). The van der Waals surface area contributed by atoms with Crippen LogP contribution in [0.2, 0.25) is 0 Å². The van der Waals surface area contributed by atoms with Gasteiger partial charge in [0.1, 0.15) is 0 Å². The zero-order chi connectivity index (χ0) is 60.6. The molecule has 4 aliphatic rings. The number of aryl methyl sites for hydroxylation is 6. The molecular weight excluding hydrogens is 1060 g/mol. The molecule has 0 aliphatic carbocycles. The van der Waals surface area contributed by atoms with E-state index in [0.29, 0.717) is 48.5 Å². The van der Waals surface area contributed by atoms with Crippen LogP contribution in [-0.2, 0) is 32.0 Å². The molecule has 0 radical (unpaired) electrons. The number of aromatic nitrogens is 8. The molecule has 0 saturated carbocycles. The fourth-order valence-corrected chi connectivity index (χ4v) is 11.5. The van der Waals surface area contributed by atoms with Crippen LogP contribution in [0.1, 0.15) is 156 Å². The van der Waals surface area contributed by atoms with Gasteiger partial charge in [-0.2, -0.15) is 0 Å². The number of aliphatic carboxylic acids is 4. The van der Waals surface area contributed by atoms with Gasteiger partial charge in [0, 0.05) is 92.1 Å². The van der Waals surface area contributed by atoms with Crippen molar-refractivity contribution in [3.63, 3.8) is 0 Å². The minimum Gasteiger partial charge on any atom is -0.481 e. The summed E-state index contributed by atoms with van der Waals surface area (Å²) in [5.41, 5.74) is 27.4. The molecule has 0 atom stereocenters. The Hall–Kier alpha value is -9.96. The number of carboxylic acid groups (broad SMARTS) is 4. The number of nitrogens with zero attached hydrogens (tertiary/aromatic N) is 4. The van der Waals surface area contributed by atoms with Crippen molar-refractivity contribution in [2.45, 2.75) is 107 Å². The van der Waals surface area contributed by atoms with Crippen molar-refractivity contribution in [3.8, 4) is 0 Å². The largest absolute Gasteiger partial charge is 0.481 e. The third kappa shape index (κ3) is 11.5. The van der Waals surface area contributed by atoms with Crippen molar-refractivity contribution in [1.29, 1.82) is 0 Å². The Balaban J connectivity index is 0.000000202. The summed E-state index contributed by atoms with van der Waals surface area (Å²) in [4.78, 5) is 80.0. The van der Waals surface area contributed by atoms with E-state index in [1.54, 1.807) is 0 Å². The molecule has 4 aliphatic heterocycles. The van der Waals surface area contributed by atoms with Crippen LogP contribution in [-0.4, -0.2) is 84.2 Å². The maximum absolute atomic E-state index is 11.5. The Kier molecular flexibility index (Phi) is 16.7. The van der Waals surface area contributed by atoms with Crippen molar-refractivity contribution in [2.24, 2.45) is 0 Å². The van der Waals surface area contributed by atoms with Gasteiger partial charge in [0.15, 0.2) is 0 Å². The molecule has 10 heterocycles. The van der Waals surface area contributed by atoms with E-state index < -0.39 is 23.9 Å². The van der Waals surface area contributed by atoms with Crippen LogP contribution in [0, 0.1) is 27.7 Å². The lowest BCUT2D eigenvalue weighted by Crippen LogP contribution is -1.98. The number of fused-ring (bicyclic) bond motifs is 16. The molecule has 16 nitrogen and oxygen atoms in total. The molecule has 0 amide bonds. The summed E-state index contributed by atoms with van der Waals surface area (Å²) in [5, 5.41) is 37.8. The number of hydrogen-bond donors (Lipinski definition) is 8. The molecule has 84 heavy (non-hydrogen) atoms. The molecule has 0 fully saturated rings. The third-order valence-electron chi connectivity index (χ3n) is 16.4. The Labute approximate surface area is 486 Å². The standard InChI is InChI=1S/2C34H34N4O4/c2*1-7-21-17(3)25-13-26-19(5)23(9-11-33(39)40)31(37-26)16-32-24(10-12-34(41)42)20(6)28(38-32)15-30-22(8-2)18(4)27(36-30)14-29(21)35-25/h2*7-8,13-16,36,38H,1-2,9-12H2,3-6H3,(H,39,40)(H,41,42). The van der Waals surface area contributed by atoms with Crippen molar-refractivity contribution in [3.05, 3.63) is 177 Å². The van der Waals surface area contributed by atoms with Crippen LogP contribution in [0.25, 0.3) is 101 Å². The second kappa shape index (κ2) is 23.9. The highest BCUT2D eigenvalue weighted by atomic mass is 16.4. The molecule has 16 heteroatoms. The fraction of sp³-hybridized carbons (Fsp3) is 0.235. The van der Waals surface area contributed by atoms with Gasteiger partial charge in [0.05, 0.1) is 45.6 Å². The normalized spacial score (nSPS) is 13.0. The molecule has 428 valence electrons. The molecule has 16 bridgehead atoms. The smallest absolute Gasteiger partial charge is 0.303 e. The molecule has 8 N–H and O–H groups in total. The average molecular weight is 1130 g/mol. The van der Waals surface area contributed by atoms with E-state index >= 15 is 0 Å². The minimum absolute atomic E-state index is 0.0222. The summed E-state index contributed by atoms with van der Waals surface area (Å²) in [6.07, 6.45) is 8.45. The van der Waals surface area contributed by atoms with Crippen LogP contribution in [0.15, 0.2) is 87.0 Å². The number of aromatic amines is 4. The van der Waals surface area contributed by atoms with Crippen molar-refractivity contribution in [1.82, 2.24) is 39.9 Å². The Bertz CT molecular complexity index is 4110. The average Bonchev–Trinajstić information content (AvgIpc) is 3.68. The molecule has 6 aromatic heterocycles. The maximum Gasteiger partial charge on any atom is 0.303 e. The first kappa shape index (κ1) is 58.7. The summed E-state index contributed by atoms with van der Waals surface area (Å²) < 4.78 is 0. The summed E-state index contributed by atoms with van der Waals surface area (Å²) >= 11 is 0. The van der Waals surface area contributed by atoms with E-state index in [2.05, 4.69) is 46.3 Å². The van der Waals surface area contributed by atoms with Crippen LogP contribution in [0.3, 0.4) is 0 Å². The molecule has 6 aromatic rings. The predicted molar refractivity (Wildman–Crippen MR) is 337 cm³/mol. The highest BCUT2D eigenvalue weighted by Gasteiger charge is 2.24. The topological polar surface area (TPSA) is 264 Å². The van der Waals surface area contributed by atoms with E-state index in [-0.39, 0.29) is 25.7 Å². The number of nitrogens with one attached hydrogen (secondary N) is 4. The number of rotatable bonds is 16. The zero-order valence-corrected chi connectivity index (χ0v) is 48.6. The maximum atomic E-state index is 11.5. The minimum atomic E-state index is -0.886. The van der Waals surface area contributed by atoms with E-state index in [1.165, 1.54) is 0 Å². The van der Waals surface area contributed by atoms with Gasteiger partial charge in [0.25, 0.3) is 0 Å². The first-order valence-corrected chi connectivity index (χ1v) is 27.7. The van der Waals surface area contributed by atoms with Crippen LogP contribution in [0.5, 0.6) is 0 Å². The predicted octanol–water partition coefficient (Wildman–Crippen LogP) is 15.0. The Morgan fingerprint density at radius 2 is 0.655 bits per heavy atom. The second-order valence-electron chi connectivity index (χ2n) is 21.5. The highest BCUT2D eigenvalue weighted by Crippen LogP contribution is 2.40. The van der Waals surface area contributed by atoms with E-state index in [0.717, 1.165) is 156 Å². The first-order valence-electron chi connectivity index (χ1n) is 27.7. The first-order chi connectivity index (χ1) is 40.0. The summed E-state index contributed by atoms with van der Waals surface area (Å²) in [6, 6.07) is 15.8. The second-order valence-corrected chi connectivity index (χ2v) is 21.5. The van der Waals surface area contributed by atoms with Gasteiger partial charge in [-0.1, -0.05) is 50.6 Å². The number of carboxylic acids is 4. The van der Waals surface area contributed by atoms with Crippen molar-refractivity contribution < 1.29 is 39.6 Å². The van der Waals surface area contributed by atoms with Crippen LogP contribution in [0.4, 0.5) is 0 Å². The molecular formula is C68H68N8O8. The lowest BCUT2D eigenvalue weighted by Gasteiger charge is -2.03. The summed E-state index contributed by atoms with van der Waals surface area (Å²) in [5.74, 6) is -3.53. The SMILES string of the molecule is C=CC1=C(C)c2cc3nc(cc4[nH]c(cc5[nH]c(cc1n2)c(C)c5C=C)c(C)c4CCC(=O)O)C(CCC(=O)O)=C3C.C=CC1=C(C)c2cc3nc(cc4[nH]c(cc5[nH]c(cc1n2)c(C)c5C=C)c(C)c4CCC(=O)O)C(CCC(=O)O)=C3C. The van der Waals surface area contributed by atoms with Crippen LogP contribution < -0.4 is 0 Å². The van der Waals surface area contributed by atoms with E-state index in [1.807, 2.05) is 128 Å². The van der Waals surface area contributed by atoms with Gasteiger partial charge in [-0.05, 0) is 196 Å². The molecule has 0 spiro atoms. The fourth-order valence-electron chi connectivity index (χ4n) is 11.5. The quantitative estimate of drug-likeness (QED) is 0.0450. The lowest BCUT2D eigenvalue weighted by atomic mass is 10.00. The van der Waals surface area contributed by atoms with Crippen LogP contribution >= 0.6 is 0 Å². The Morgan fingerprint density at radius 3 is 0.988 bits per heavy atom.